The number of benzene rings is 1. The molecule has 106 valence electrons. The van der Waals surface area contributed by atoms with Gasteiger partial charge in [0.25, 0.3) is 0 Å². The van der Waals surface area contributed by atoms with Crippen LogP contribution >= 0.6 is 0 Å². The minimum Gasteiger partial charge on any atom is -0.391 e. The second-order valence-corrected chi connectivity index (χ2v) is 7.14. The molecule has 0 aromatic heterocycles. The van der Waals surface area contributed by atoms with Crippen molar-refractivity contribution in [1.82, 2.24) is 4.31 Å². The summed E-state index contributed by atoms with van der Waals surface area (Å²) in [6.07, 6.45) is 1.18. The molecule has 1 aliphatic rings. The smallest absolute Gasteiger partial charge is 0.245 e. The minimum absolute atomic E-state index is 0.000314. The second kappa shape index (κ2) is 5.19. The number of hydrogen-bond donors (Lipinski definition) is 1. The summed E-state index contributed by atoms with van der Waals surface area (Å²) >= 11 is 0. The van der Waals surface area contributed by atoms with Gasteiger partial charge in [-0.3, -0.25) is 0 Å². The summed E-state index contributed by atoms with van der Waals surface area (Å²) in [6, 6.07) is 4.01. The summed E-state index contributed by atoms with van der Waals surface area (Å²) in [6.45, 7) is 1.69. The Morgan fingerprint density at radius 2 is 2.11 bits per heavy atom. The van der Waals surface area contributed by atoms with Crippen LogP contribution < -0.4 is 0 Å². The number of nitrogens with zero attached hydrogens (tertiary/aromatic N) is 1. The van der Waals surface area contributed by atoms with Gasteiger partial charge in [0.05, 0.1) is 6.10 Å². The molecule has 4 nitrogen and oxygen atoms in total. The number of aryl methyl sites for hydroxylation is 1. The molecule has 0 heterocycles. The number of aliphatic hydroxyl groups excluding tert-OH is 1. The molecule has 1 fully saturated rings. The molecule has 0 amide bonds. The number of aliphatic hydroxyl groups is 1. The second-order valence-electron chi connectivity index (χ2n) is 5.12. The molecule has 1 saturated carbocycles. The molecule has 1 unspecified atom stereocenters. The lowest BCUT2D eigenvalue weighted by atomic mass is 10.2. The Morgan fingerprint density at radius 1 is 1.47 bits per heavy atom. The monoisotopic (exact) mass is 287 g/mol. The normalized spacial score (nSPS) is 17.7. The SMILES string of the molecule is Cc1ccc(S(=O)(=O)N(C)CC(O)C2CC2)c(F)c1. The molecule has 1 atom stereocenters. The molecule has 0 radical (unpaired) electrons. The van der Waals surface area contributed by atoms with Crippen molar-refractivity contribution in [3.63, 3.8) is 0 Å². The van der Waals surface area contributed by atoms with Gasteiger partial charge in [0, 0.05) is 13.6 Å². The summed E-state index contributed by atoms with van der Waals surface area (Å²) in [4.78, 5) is -0.344. The summed E-state index contributed by atoms with van der Waals surface area (Å²) in [5.74, 6) is -0.576. The van der Waals surface area contributed by atoms with E-state index in [1.165, 1.54) is 19.2 Å². The number of halogens is 1. The van der Waals surface area contributed by atoms with Crippen molar-refractivity contribution in [1.29, 1.82) is 0 Å². The van der Waals surface area contributed by atoms with E-state index in [1.807, 2.05) is 0 Å². The van der Waals surface area contributed by atoms with E-state index in [-0.39, 0.29) is 17.4 Å². The maximum absolute atomic E-state index is 13.7. The number of likely N-dealkylation sites (N-methyl/N-ethyl adjacent to an activating group) is 1. The van der Waals surface area contributed by atoms with Gasteiger partial charge in [0.1, 0.15) is 10.7 Å². The molecule has 2 rings (SSSR count). The van der Waals surface area contributed by atoms with Crippen molar-refractivity contribution < 1.29 is 17.9 Å². The summed E-state index contributed by atoms with van der Waals surface area (Å²) in [7, 11) is -2.53. The standard InChI is InChI=1S/C13H18FNO3S/c1-9-3-6-13(11(14)7-9)19(17,18)15(2)8-12(16)10-4-5-10/h3,6-7,10,12,16H,4-5,8H2,1-2H3. The van der Waals surface area contributed by atoms with E-state index in [0.29, 0.717) is 5.56 Å². The molecule has 19 heavy (non-hydrogen) atoms. The highest BCUT2D eigenvalue weighted by Crippen LogP contribution is 2.33. The van der Waals surface area contributed by atoms with Gasteiger partial charge in [-0.25, -0.2) is 12.8 Å². The summed E-state index contributed by atoms with van der Waals surface area (Å²) in [5, 5.41) is 9.78. The van der Waals surface area contributed by atoms with Gasteiger partial charge in [-0.2, -0.15) is 4.31 Å². The highest BCUT2D eigenvalue weighted by Gasteiger charge is 2.33. The van der Waals surface area contributed by atoms with Crippen molar-refractivity contribution in [3.05, 3.63) is 29.6 Å². The van der Waals surface area contributed by atoms with E-state index < -0.39 is 21.9 Å². The lowest BCUT2D eigenvalue weighted by Crippen LogP contribution is -2.35. The number of hydrogen-bond acceptors (Lipinski definition) is 3. The maximum Gasteiger partial charge on any atom is 0.245 e. The third-order valence-corrected chi connectivity index (χ3v) is 5.24. The molecule has 0 aliphatic heterocycles. The van der Waals surface area contributed by atoms with Crippen LogP contribution in [0.15, 0.2) is 23.1 Å². The van der Waals surface area contributed by atoms with Crippen molar-refractivity contribution >= 4 is 10.0 Å². The van der Waals surface area contributed by atoms with Crippen LogP contribution in [-0.4, -0.2) is 37.5 Å². The summed E-state index contributed by atoms with van der Waals surface area (Å²) < 4.78 is 39.2. The van der Waals surface area contributed by atoms with Crippen molar-refractivity contribution in [2.24, 2.45) is 5.92 Å². The van der Waals surface area contributed by atoms with Crippen molar-refractivity contribution in [3.8, 4) is 0 Å². The zero-order valence-corrected chi connectivity index (χ0v) is 11.8. The average Bonchev–Trinajstić information content (AvgIpc) is 3.11. The quantitative estimate of drug-likeness (QED) is 0.893. The molecule has 1 aromatic carbocycles. The lowest BCUT2D eigenvalue weighted by Gasteiger charge is -2.20. The Labute approximate surface area is 112 Å². The predicted octanol–water partition coefficient (Wildman–Crippen LogP) is 1.53. The molecule has 0 spiro atoms. The highest BCUT2D eigenvalue weighted by atomic mass is 32.2. The molecule has 1 aliphatic carbocycles. The Balaban J connectivity index is 2.20. The first-order valence-corrected chi connectivity index (χ1v) is 7.67. The fraction of sp³-hybridized carbons (Fsp3) is 0.538. The van der Waals surface area contributed by atoms with Crippen molar-refractivity contribution in [2.45, 2.75) is 30.8 Å². The Hall–Kier alpha value is -0.980. The van der Waals surface area contributed by atoms with E-state index in [0.717, 1.165) is 17.1 Å². The van der Waals surface area contributed by atoms with E-state index in [9.17, 15) is 17.9 Å². The Kier molecular flexibility index (Phi) is 3.94. The molecular formula is C13H18FNO3S. The van der Waals surface area contributed by atoms with Gasteiger partial charge in [-0.1, -0.05) is 6.07 Å². The number of sulfonamides is 1. The maximum atomic E-state index is 13.7. The zero-order chi connectivity index (χ0) is 14.2. The van der Waals surface area contributed by atoms with E-state index in [1.54, 1.807) is 13.0 Å². The van der Waals surface area contributed by atoms with Crippen LogP contribution in [0.25, 0.3) is 0 Å². The Morgan fingerprint density at radius 3 is 2.63 bits per heavy atom. The zero-order valence-electron chi connectivity index (χ0n) is 11.0. The van der Waals surface area contributed by atoms with E-state index >= 15 is 0 Å². The van der Waals surface area contributed by atoms with Crippen LogP contribution in [0.4, 0.5) is 4.39 Å². The first-order chi connectivity index (χ1) is 8.82. The van der Waals surface area contributed by atoms with Crippen LogP contribution in [0.2, 0.25) is 0 Å². The third-order valence-electron chi connectivity index (χ3n) is 3.39. The van der Waals surface area contributed by atoms with Crippen molar-refractivity contribution in [2.75, 3.05) is 13.6 Å². The average molecular weight is 287 g/mol. The Bertz CT molecular complexity index is 569. The molecule has 0 bridgehead atoms. The first-order valence-electron chi connectivity index (χ1n) is 6.23. The molecule has 6 heteroatoms. The van der Waals surface area contributed by atoms with Crippen LogP contribution in [0, 0.1) is 18.7 Å². The van der Waals surface area contributed by atoms with Crippen LogP contribution in [0.5, 0.6) is 0 Å². The topological polar surface area (TPSA) is 57.6 Å². The molecule has 0 saturated heterocycles. The highest BCUT2D eigenvalue weighted by molar-refractivity contribution is 7.89. The number of rotatable bonds is 5. The minimum atomic E-state index is -3.89. The van der Waals surface area contributed by atoms with Crippen LogP contribution in [0.1, 0.15) is 18.4 Å². The predicted molar refractivity (Wildman–Crippen MR) is 69.7 cm³/mol. The summed E-state index contributed by atoms with van der Waals surface area (Å²) in [5.41, 5.74) is 0.664. The van der Waals surface area contributed by atoms with E-state index in [2.05, 4.69) is 0 Å². The van der Waals surface area contributed by atoms with Gasteiger partial charge in [-0.05, 0) is 43.4 Å². The largest absolute Gasteiger partial charge is 0.391 e. The van der Waals surface area contributed by atoms with Crippen LogP contribution in [0.3, 0.4) is 0 Å². The fourth-order valence-corrected chi connectivity index (χ4v) is 3.20. The van der Waals surface area contributed by atoms with Gasteiger partial charge >= 0.3 is 0 Å². The van der Waals surface area contributed by atoms with E-state index in [4.69, 9.17) is 0 Å². The third kappa shape index (κ3) is 3.13. The van der Waals surface area contributed by atoms with Crippen LogP contribution in [-0.2, 0) is 10.0 Å². The fourth-order valence-electron chi connectivity index (χ4n) is 1.97. The van der Waals surface area contributed by atoms with Gasteiger partial charge < -0.3 is 5.11 Å². The van der Waals surface area contributed by atoms with Gasteiger partial charge in [0.2, 0.25) is 10.0 Å². The first kappa shape index (κ1) is 14.4. The molecular weight excluding hydrogens is 269 g/mol. The molecule has 1 N–H and O–H groups in total. The van der Waals surface area contributed by atoms with Gasteiger partial charge in [-0.15, -0.1) is 0 Å². The lowest BCUT2D eigenvalue weighted by molar-refractivity contribution is 0.131. The molecule has 1 aromatic rings. The van der Waals surface area contributed by atoms with Gasteiger partial charge in [0.15, 0.2) is 0 Å².